The van der Waals surface area contributed by atoms with Crippen molar-refractivity contribution in [2.45, 2.75) is 31.2 Å². The summed E-state index contributed by atoms with van der Waals surface area (Å²) in [5.74, 6) is 0.191. The van der Waals surface area contributed by atoms with E-state index in [-0.39, 0.29) is 17.1 Å². The van der Waals surface area contributed by atoms with Crippen molar-refractivity contribution in [3.05, 3.63) is 22.4 Å². The Kier molecular flexibility index (Phi) is 4.77. The minimum Gasteiger partial charge on any atom is -0.377 e. The van der Waals surface area contributed by atoms with Crippen LogP contribution in [-0.2, 0) is 21.1 Å². The Hall–Kier alpha value is -0.430. The summed E-state index contributed by atoms with van der Waals surface area (Å²) in [4.78, 5) is 1.23. The lowest BCUT2D eigenvalue weighted by Gasteiger charge is -2.15. The predicted octanol–water partition coefficient (Wildman–Crippen LogP) is 1.43. The monoisotopic (exact) mass is 289 g/mol. The van der Waals surface area contributed by atoms with Crippen LogP contribution in [0.25, 0.3) is 0 Å². The lowest BCUT2D eigenvalue weighted by Crippen LogP contribution is -2.33. The molecular formula is C12H19NO3S2. The van der Waals surface area contributed by atoms with E-state index in [1.54, 1.807) is 11.3 Å². The Morgan fingerprint density at radius 3 is 3.00 bits per heavy atom. The fraction of sp³-hybridized carbons (Fsp3) is 0.667. The second kappa shape index (κ2) is 6.14. The predicted molar refractivity (Wildman–Crippen MR) is 73.6 cm³/mol. The van der Waals surface area contributed by atoms with E-state index in [2.05, 4.69) is 5.32 Å². The molecule has 1 aliphatic rings. The van der Waals surface area contributed by atoms with Crippen molar-refractivity contribution in [3.8, 4) is 0 Å². The molecule has 1 aromatic rings. The molecule has 0 saturated carbocycles. The summed E-state index contributed by atoms with van der Waals surface area (Å²) in [7, 11) is -3.03. The van der Waals surface area contributed by atoms with Crippen LogP contribution in [0.1, 0.15) is 18.2 Å². The van der Waals surface area contributed by atoms with Crippen molar-refractivity contribution >= 4 is 21.2 Å². The van der Waals surface area contributed by atoms with E-state index < -0.39 is 9.84 Å². The van der Waals surface area contributed by atoms with E-state index in [4.69, 9.17) is 4.74 Å². The summed E-state index contributed by atoms with van der Waals surface area (Å²) in [5.41, 5.74) is 0. The van der Waals surface area contributed by atoms with Gasteiger partial charge in [0.05, 0.1) is 17.1 Å². The van der Waals surface area contributed by atoms with Gasteiger partial charge >= 0.3 is 0 Å². The van der Waals surface area contributed by atoms with Gasteiger partial charge in [-0.25, -0.2) is 8.42 Å². The van der Waals surface area contributed by atoms with Crippen LogP contribution in [0.3, 0.4) is 0 Å². The topological polar surface area (TPSA) is 55.4 Å². The molecule has 0 aromatic carbocycles. The minimum absolute atomic E-state index is 0.160. The Labute approximate surface area is 112 Å². The molecule has 2 heterocycles. The van der Waals surface area contributed by atoms with Gasteiger partial charge in [0.25, 0.3) is 0 Å². The molecule has 0 spiro atoms. The molecular weight excluding hydrogens is 270 g/mol. The summed E-state index contributed by atoms with van der Waals surface area (Å²) < 4.78 is 29.5. The van der Waals surface area contributed by atoms with Crippen molar-refractivity contribution in [1.29, 1.82) is 0 Å². The van der Waals surface area contributed by atoms with E-state index in [0.29, 0.717) is 19.6 Å². The third kappa shape index (κ3) is 3.54. The average Bonchev–Trinajstić information content (AvgIpc) is 2.95. The third-order valence-electron chi connectivity index (χ3n) is 3.21. The van der Waals surface area contributed by atoms with Crippen LogP contribution >= 0.6 is 11.3 Å². The SMILES string of the molecule is CC1OCCC1S(=O)(=O)CCNCc1cccs1. The first kappa shape index (κ1) is 14.0. The fourth-order valence-electron chi connectivity index (χ4n) is 2.17. The van der Waals surface area contributed by atoms with Gasteiger partial charge in [-0.05, 0) is 24.8 Å². The standard InChI is InChI=1S/C12H19NO3S2/c1-10-12(4-6-16-10)18(14,15)8-5-13-9-11-3-2-7-17-11/h2-3,7,10,12-13H,4-6,8-9H2,1H3. The maximum atomic E-state index is 12.1. The second-order valence-electron chi connectivity index (χ2n) is 4.53. The highest BCUT2D eigenvalue weighted by atomic mass is 32.2. The number of hydrogen-bond acceptors (Lipinski definition) is 5. The molecule has 2 atom stereocenters. The number of nitrogens with one attached hydrogen (secondary N) is 1. The van der Waals surface area contributed by atoms with Crippen molar-refractivity contribution in [2.75, 3.05) is 18.9 Å². The molecule has 1 aromatic heterocycles. The number of thiophene rings is 1. The van der Waals surface area contributed by atoms with Crippen LogP contribution < -0.4 is 5.32 Å². The van der Waals surface area contributed by atoms with Gasteiger partial charge in [0.1, 0.15) is 0 Å². The van der Waals surface area contributed by atoms with Gasteiger partial charge in [0.15, 0.2) is 9.84 Å². The van der Waals surface area contributed by atoms with Gasteiger partial charge in [-0.1, -0.05) is 6.07 Å². The highest BCUT2D eigenvalue weighted by molar-refractivity contribution is 7.92. The summed E-state index contributed by atoms with van der Waals surface area (Å²) in [6.07, 6.45) is 0.473. The molecule has 18 heavy (non-hydrogen) atoms. The van der Waals surface area contributed by atoms with Crippen molar-refractivity contribution in [1.82, 2.24) is 5.32 Å². The Bertz CT molecular complexity index is 456. The zero-order chi connectivity index (χ0) is 13.0. The van der Waals surface area contributed by atoms with E-state index in [9.17, 15) is 8.42 Å². The number of rotatable bonds is 6. The first-order valence-corrected chi connectivity index (χ1v) is 8.75. The van der Waals surface area contributed by atoms with Gasteiger partial charge < -0.3 is 10.1 Å². The van der Waals surface area contributed by atoms with E-state index >= 15 is 0 Å². The zero-order valence-corrected chi connectivity index (χ0v) is 12.1. The summed E-state index contributed by atoms with van der Waals surface area (Å²) in [5, 5.41) is 4.87. The van der Waals surface area contributed by atoms with Gasteiger partial charge in [-0.3, -0.25) is 0 Å². The van der Waals surface area contributed by atoms with Gasteiger partial charge in [0.2, 0.25) is 0 Å². The van der Waals surface area contributed by atoms with Crippen molar-refractivity contribution < 1.29 is 13.2 Å². The van der Waals surface area contributed by atoms with Gasteiger partial charge in [-0.15, -0.1) is 11.3 Å². The van der Waals surface area contributed by atoms with E-state index in [1.807, 2.05) is 24.4 Å². The van der Waals surface area contributed by atoms with E-state index in [1.165, 1.54) is 4.88 Å². The number of ether oxygens (including phenoxy) is 1. The number of hydrogen-bond donors (Lipinski definition) is 1. The largest absolute Gasteiger partial charge is 0.377 e. The van der Waals surface area contributed by atoms with Crippen LogP contribution in [0, 0.1) is 0 Å². The first-order valence-electron chi connectivity index (χ1n) is 6.16. The summed E-state index contributed by atoms with van der Waals surface area (Å²) >= 11 is 1.67. The zero-order valence-electron chi connectivity index (χ0n) is 10.5. The summed E-state index contributed by atoms with van der Waals surface area (Å²) in [6.45, 7) is 3.65. The third-order valence-corrected chi connectivity index (χ3v) is 6.40. The normalized spacial score (nSPS) is 24.5. The molecule has 1 saturated heterocycles. The van der Waals surface area contributed by atoms with Gasteiger partial charge in [-0.2, -0.15) is 0 Å². The van der Waals surface area contributed by atoms with Gasteiger partial charge in [0, 0.05) is 24.6 Å². The molecule has 2 rings (SSSR count). The average molecular weight is 289 g/mol. The maximum absolute atomic E-state index is 12.1. The van der Waals surface area contributed by atoms with Crippen LogP contribution in [0.2, 0.25) is 0 Å². The molecule has 4 nitrogen and oxygen atoms in total. The maximum Gasteiger partial charge on any atom is 0.157 e. The van der Waals surface area contributed by atoms with Crippen LogP contribution in [0.5, 0.6) is 0 Å². The Morgan fingerprint density at radius 2 is 2.39 bits per heavy atom. The Balaban J connectivity index is 1.75. The Morgan fingerprint density at radius 1 is 1.56 bits per heavy atom. The quantitative estimate of drug-likeness (QED) is 0.805. The minimum atomic E-state index is -3.03. The van der Waals surface area contributed by atoms with Crippen molar-refractivity contribution in [2.24, 2.45) is 0 Å². The van der Waals surface area contributed by atoms with E-state index in [0.717, 1.165) is 6.54 Å². The highest BCUT2D eigenvalue weighted by Gasteiger charge is 2.35. The molecule has 1 aliphatic heterocycles. The molecule has 6 heteroatoms. The van der Waals surface area contributed by atoms with Crippen LogP contribution in [-0.4, -0.2) is 38.7 Å². The fourth-order valence-corrected chi connectivity index (χ4v) is 4.70. The first-order chi connectivity index (χ1) is 8.59. The number of sulfone groups is 1. The van der Waals surface area contributed by atoms with Crippen LogP contribution in [0.15, 0.2) is 17.5 Å². The molecule has 102 valence electrons. The molecule has 1 N–H and O–H groups in total. The second-order valence-corrected chi connectivity index (χ2v) is 7.90. The highest BCUT2D eigenvalue weighted by Crippen LogP contribution is 2.21. The molecule has 0 bridgehead atoms. The van der Waals surface area contributed by atoms with Crippen molar-refractivity contribution in [3.63, 3.8) is 0 Å². The van der Waals surface area contributed by atoms with Crippen LogP contribution in [0.4, 0.5) is 0 Å². The summed E-state index contributed by atoms with van der Waals surface area (Å²) in [6, 6.07) is 4.04. The molecule has 2 unspecified atom stereocenters. The smallest absolute Gasteiger partial charge is 0.157 e. The lowest BCUT2D eigenvalue weighted by molar-refractivity contribution is 0.126. The molecule has 1 fully saturated rings. The lowest BCUT2D eigenvalue weighted by atomic mass is 10.3. The molecule has 0 radical (unpaired) electrons. The molecule has 0 aliphatic carbocycles. The molecule has 0 amide bonds.